The van der Waals surface area contributed by atoms with E-state index in [1.54, 1.807) is 6.33 Å². The highest BCUT2D eigenvalue weighted by atomic mass is 35.5. The molecule has 3 aromatic rings. The number of fused-ring (bicyclic) bond motifs is 1. The Morgan fingerprint density at radius 2 is 1.76 bits per heavy atom. The van der Waals surface area contributed by atoms with E-state index in [0.29, 0.717) is 5.92 Å². The van der Waals surface area contributed by atoms with E-state index in [2.05, 4.69) is 59.6 Å². The van der Waals surface area contributed by atoms with Crippen LogP contribution in [0.4, 0.5) is 5.95 Å². The average Bonchev–Trinajstić information content (AvgIpc) is 3.10. The second-order valence-electron chi connectivity index (χ2n) is 6.51. The number of nitrogens with zero attached hydrogens (tertiary/aromatic N) is 3. The summed E-state index contributed by atoms with van der Waals surface area (Å²) in [6, 6.07) is 16.5. The minimum atomic E-state index is -0.0178. The monoisotopic (exact) mass is 350 g/mol. The number of rotatable bonds is 3. The highest BCUT2D eigenvalue weighted by molar-refractivity contribution is 6.30. The normalized spacial score (nSPS) is 16.3. The first-order valence-electron chi connectivity index (χ1n) is 8.36. The third-order valence-corrected chi connectivity index (χ3v) is 4.76. The summed E-state index contributed by atoms with van der Waals surface area (Å²) in [5.74, 6) is 1.26. The van der Waals surface area contributed by atoms with Crippen molar-refractivity contribution < 1.29 is 0 Å². The molecule has 0 radical (unpaired) electrons. The SMILES string of the molecule is CC(C)c1ccc(C2=C[C@@H](c3ccc(Cl)cc3)n3ncnc3N2)cc1. The first-order chi connectivity index (χ1) is 12.1. The second-order valence-corrected chi connectivity index (χ2v) is 6.94. The topological polar surface area (TPSA) is 42.7 Å². The van der Waals surface area contributed by atoms with Crippen LogP contribution in [0.5, 0.6) is 0 Å². The lowest BCUT2D eigenvalue weighted by molar-refractivity contribution is 0.612. The molecule has 2 heterocycles. The Morgan fingerprint density at radius 3 is 2.44 bits per heavy atom. The molecule has 1 atom stereocenters. The maximum Gasteiger partial charge on any atom is 0.226 e. The molecule has 1 aliphatic rings. The molecule has 0 saturated carbocycles. The summed E-state index contributed by atoms with van der Waals surface area (Å²) >= 11 is 6.03. The average molecular weight is 351 g/mol. The Bertz CT molecular complexity index is 908. The number of halogens is 1. The number of hydrogen-bond donors (Lipinski definition) is 1. The maximum atomic E-state index is 6.03. The first kappa shape index (κ1) is 15.9. The van der Waals surface area contributed by atoms with Gasteiger partial charge in [0.1, 0.15) is 12.4 Å². The van der Waals surface area contributed by atoms with Gasteiger partial charge >= 0.3 is 0 Å². The van der Waals surface area contributed by atoms with Crippen molar-refractivity contribution >= 4 is 23.2 Å². The van der Waals surface area contributed by atoms with Gasteiger partial charge in [0.25, 0.3) is 0 Å². The Hall–Kier alpha value is -2.59. The fourth-order valence-electron chi connectivity index (χ4n) is 3.05. The van der Waals surface area contributed by atoms with Crippen LogP contribution < -0.4 is 5.32 Å². The Kier molecular flexibility index (Phi) is 4.06. The number of hydrogen-bond acceptors (Lipinski definition) is 3. The quantitative estimate of drug-likeness (QED) is 0.713. The molecule has 0 aliphatic carbocycles. The molecular formula is C20H19ClN4. The van der Waals surface area contributed by atoms with Crippen molar-refractivity contribution in [2.45, 2.75) is 25.8 Å². The summed E-state index contributed by atoms with van der Waals surface area (Å²) in [4.78, 5) is 4.35. The molecule has 1 aliphatic heterocycles. The lowest BCUT2D eigenvalue weighted by atomic mass is 9.98. The molecule has 2 aromatic carbocycles. The predicted molar refractivity (Wildman–Crippen MR) is 102 cm³/mol. The minimum Gasteiger partial charge on any atom is -0.324 e. The predicted octanol–water partition coefficient (Wildman–Crippen LogP) is 5.11. The van der Waals surface area contributed by atoms with E-state index < -0.39 is 0 Å². The molecular weight excluding hydrogens is 332 g/mol. The van der Waals surface area contributed by atoms with Crippen molar-refractivity contribution in [3.63, 3.8) is 0 Å². The Labute approximate surface area is 152 Å². The lowest BCUT2D eigenvalue weighted by Gasteiger charge is -2.24. The van der Waals surface area contributed by atoms with Crippen molar-refractivity contribution in [3.8, 4) is 0 Å². The van der Waals surface area contributed by atoms with Crippen molar-refractivity contribution in [2.24, 2.45) is 0 Å². The summed E-state index contributed by atoms with van der Waals surface area (Å²) in [6.45, 7) is 4.40. The van der Waals surface area contributed by atoms with Crippen molar-refractivity contribution in [3.05, 3.63) is 82.6 Å². The van der Waals surface area contributed by atoms with Gasteiger partial charge in [-0.25, -0.2) is 4.68 Å². The van der Waals surface area contributed by atoms with Crippen LogP contribution in [0.1, 0.15) is 42.5 Å². The van der Waals surface area contributed by atoms with Gasteiger partial charge in [0.2, 0.25) is 5.95 Å². The van der Waals surface area contributed by atoms with Crippen LogP contribution in [0.3, 0.4) is 0 Å². The fraction of sp³-hybridized carbons (Fsp3) is 0.200. The third kappa shape index (κ3) is 3.05. The lowest BCUT2D eigenvalue weighted by Crippen LogP contribution is -2.20. The van der Waals surface area contributed by atoms with Crippen LogP contribution in [0, 0.1) is 0 Å². The summed E-state index contributed by atoms with van der Waals surface area (Å²) < 4.78 is 1.88. The zero-order valence-corrected chi connectivity index (χ0v) is 14.9. The van der Waals surface area contributed by atoms with Gasteiger partial charge in [0.05, 0.1) is 0 Å². The molecule has 126 valence electrons. The molecule has 1 aromatic heterocycles. The maximum absolute atomic E-state index is 6.03. The van der Waals surface area contributed by atoms with E-state index in [4.69, 9.17) is 11.6 Å². The van der Waals surface area contributed by atoms with Crippen LogP contribution in [-0.4, -0.2) is 14.8 Å². The highest BCUT2D eigenvalue weighted by Gasteiger charge is 2.23. The molecule has 1 N–H and O–H groups in total. The zero-order valence-electron chi connectivity index (χ0n) is 14.1. The van der Waals surface area contributed by atoms with Crippen LogP contribution in [0.25, 0.3) is 5.70 Å². The van der Waals surface area contributed by atoms with Gasteiger partial charge in [0.15, 0.2) is 0 Å². The molecule has 0 saturated heterocycles. The second kappa shape index (κ2) is 6.37. The standard InChI is InChI=1S/C20H19ClN4/c1-13(2)14-3-5-15(6-4-14)18-11-19(16-7-9-17(21)10-8-16)25-20(24-18)22-12-23-25/h3-13,19H,1-2H3,(H,22,23,24)/t19-/m0/s1. The van der Waals surface area contributed by atoms with E-state index >= 15 is 0 Å². The molecule has 4 nitrogen and oxygen atoms in total. The number of anilines is 1. The van der Waals surface area contributed by atoms with Crippen LogP contribution >= 0.6 is 11.6 Å². The Balaban J connectivity index is 1.74. The van der Waals surface area contributed by atoms with Gasteiger partial charge in [-0.3, -0.25) is 0 Å². The van der Waals surface area contributed by atoms with Crippen molar-refractivity contribution in [1.82, 2.24) is 14.8 Å². The van der Waals surface area contributed by atoms with Gasteiger partial charge in [-0.05, 0) is 40.8 Å². The summed E-state index contributed by atoms with van der Waals surface area (Å²) in [5, 5.41) is 8.47. The molecule has 4 rings (SSSR count). The van der Waals surface area contributed by atoms with E-state index in [0.717, 1.165) is 27.8 Å². The summed E-state index contributed by atoms with van der Waals surface area (Å²) in [6.07, 6.45) is 3.75. The van der Waals surface area contributed by atoms with Crippen molar-refractivity contribution in [1.29, 1.82) is 0 Å². The van der Waals surface area contributed by atoms with Crippen LogP contribution in [0.2, 0.25) is 5.02 Å². The largest absolute Gasteiger partial charge is 0.324 e. The summed E-state index contributed by atoms with van der Waals surface area (Å²) in [7, 11) is 0. The van der Waals surface area contributed by atoms with Crippen molar-refractivity contribution in [2.75, 3.05) is 5.32 Å². The molecule has 0 unspecified atom stereocenters. The highest BCUT2D eigenvalue weighted by Crippen LogP contribution is 2.32. The van der Waals surface area contributed by atoms with E-state index in [1.807, 2.05) is 28.9 Å². The van der Waals surface area contributed by atoms with Crippen LogP contribution in [-0.2, 0) is 0 Å². The number of nitrogens with one attached hydrogen (secondary N) is 1. The number of benzene rings is 2. The van der Waals surface area contributed by atoms with Gasteiger partial charge < -0.3 is 5.32 Å². The molecule has 5 heteroatoms. The fourth-order valence-corrected chi connectivity index (χ4v) is 3.17. The molecule has 0 fully saturated rings. The van der Waals surface area contributed by atoms with Gasteiger partial charge in [-0.15, -0.1) is 0 Å². The first-order valence-corrected chi connectivity index (χ1v) is 8.74. The number of allylic oxidation sites excluding steroid dienone is 1. The molecule has 0 spiro atoms. The minimum absolute atomic E-state index is 0.0178. The Morgan fingerprint density at radius 1 is 1.04 bits per heavy atom. The summed E-state index contributed by atoms with van der Waals surface area (Å²) in [5.41, 5.74) is 4.62. The molecule has 0 amide bonds. The van der Waals surface area contributed by atoms with Gasteiger partial charge in [-0.2, -0.15) is 10.1 Å². The molecule has 0 bridgehead atoms. The van der Waals surface area contributed by atoms with Crippen LogP contribution in [0.15, 0.2) is 60.9 Å². The van der Waals surface area contributed by atoms with E-state index in [9.17, 15) is 0 Å². The van der Waals surface area contributed by atoms with E-state index in [-0.39, 0.29) is 6.04 Å². The van der Waals surface area contributed by atoms with E-state index in [1.165, 1.54) is 5.56 Å². The van der Waals surface area contributed by atoms with Gasteiger partial charge in [0, 0.05) is 10.7 Å². The third-order valence-electron chi connectivity index (χ3n) is 4.51. The number of aromatic nitrogens is 3. The smallest absolute Gasteiger partial charge is 0.226 e. The molecule has 25 heavy (non-hydrogen) atoms. The zero-order chi connectivity index (χ0) is 17.4. The van der Waals surface area contributed by atoms with Gasteiger partial charge in [-0.1, -0.05) is 61.8 Å².